The normalized spacial score (nSPS) is 24.0. The highest BCUT2D eigenvalue weighted by atomic mass is 35.5. The van der Waals surface area contributed by atoms with Gasteiger partial charge in [-0.25, -0.2) is 0 Å². The zero-order valence-electron chi connectivity index (χ0n) is 17.5. The van der Waals surface area contributed by atoms with Crippen LogP contribution < -0.4 is 10.2 Å². The smallest absolute Gasteiger partial charge is 0.261 e. The van der Waals surface area contributed by atoms with E-state index in [0.717, 1.165) is 42.6 Å². The molecule has 6 heteroatoms. The molecule has 5 nitrogen and oxygen atoms in total. The highest BCUT2D eigenvalue weighted by Gasteiger charge is 2.46. The van der Waals surface area contributed by atoms with Gasteiger partial charge < -0.3 is 9.88 Å². The lowest BCUT2D eigenvalue weighted by Crippen LogP contribution is -2.45. The van der Waals surface area contributed by atoms with Crippen LogP contribution in [0, 0.1) is 19.8 Å². The van der Waals surface area contributed by atoms with Gasteiger partial charge in [-0.15, -0.1) is 0 Å². The second-order valence-corrected chi connectivity index (χ2v) is 8.97. The second-order valence-electron chi connectivity index (χ2n) is 8.54. The number of amides is 2. The summed E-state index contributed by atoms with van der Waals surface area (Å²) in [7, 11) is 1.94. The third kappa shape index (κ3) is 3.35. The Labute approximate surface area is 177 Å². The molecule has 1 fully saturated rings. The molecule has 0 spiro atoms. The maximum absolute atomic E-state index is 13.5. The van der Waals surface area contributed by atoms with E-state index in [2.05, 4.69) is 12.2 Å². The van der Waals surface area contributed by atoms with E-state index in [-0.39, 0.29) is 17.9 Å². The lowest BCUT2D eigenvalue weighted by atomic mass is 9.87. The quantitative estimate of drug-likeness (QED) is 0.793. The summed E-state index contributed by atoms with van der Waals surface area (Å²) in [5.74, 6) is 0.494. The van der Waals surface area contributed by atoms with Crippen LogP contribution in [-0.4, -0.2) is 22.4 Å². The van der Waals surface area contributed by atoms with Crippen LogP contribution in [0.25, 0.3) is 0 Å². The minimum Gasteiger partial charge on any atom is -0.351 e. The largest absolute Gasteiger partial charge is 0.351 e. The molecule has 1 atom stereocenters. The molecule has 2 amide bonds. The Balaban J connectivity index is 1.72. The summed E-state index contributed by atoms with van der Waals surface area (Å²) < 4.78 is 2.00. The van der Waals surface area contributed by atoms with Crippen molar-refractivity contribution < 1.29 is 9.59 Å². The van der Waals surface area contributed by atoms with E-state index < -0.39 is 6.04 Å². The molecule has 0 radical (unpaired) electrons. The zero-order chi connectivity index (χ0) is 20.9. The van der Waals surface area contributed by atoms with Crippen molar-refractivity contribution in [2.24, 2.45) is 13.0 Å². The highest BCUT2D eigenvalue weighted by Crippen LogP contribution is 2.42. The van der Waals surface area contributed by atoms with Gasteiger partial charge in [-0.3, -0.25) is 14.5 Å². The number of anilines is 1. The van der Waals surface area contributed by atoms with Crippen molar-refractivity contribution in [1.29, 1.82) is 0 Å². The molecule has 29 heavy (non-hydrogen) atoms. The summed E-state index contributed by atoms with van der Waals surface area (Å²) in [6.45, 7) is 6.18. The van der Waals surface area contributed by atoms with E-state index >= 15 is 0 Å². The fourth-order valence-electron chi connectivity index (χ4n) is 4.75. The molecule has 1 saturated carbocycles. The fraction of sp³-hybridized carbons (Fsp3) is 0.478. The first-order valence-corrected chi connectivity index (χ1v) is 10.7. The van der Waals surface area contributed by atoms with Gasteiger partial charge in [-0.05, 0) is 69.7 Å². The lowest BCUT2D eigenvalue weighted by Gasteiger charge is -2.31. The SMILES string of the molecule is Cc1c2c(c(C)n1C)[C@@H](C(=O)NC1CCC(C)CC1)N(c1ccc(Cl)cc1)C2=O. The molecule has 0 bridgehead atoms. The number of carbonyl (C=O) groups excluding carboxylic acids is 2. The maximum Gasteiger partial charge on any atom is 0.261 e. The van der Waals surface area contributed by atoms with Crippen LogP contribution in [0.2, 0.25) is 5.02 Å². The molecule has 154 valence electrons. The Morgan fingerprint density at radius 3 is 2.31 bits per heavy atom. The first-order chi connectivity index (χ1) is 13.8. The molecule has 4 rings (SSSR count). The van der Waals surface area contributed by atoms with Gasteiger partial charge in [0.05, 0.1) is 5.56 Å². The first kappa shape index (κ1) is 20.0. The third-order valence-corrected chi connectivity index (χ3v) is 6.96. The molecule has 0 saturated heterocycles. The number of rotatable bonds is 3. The number of aromatic nitrogens is 1. The molecular formula is C23H28ClN3O2. The highest BCUT2D eigenvalue weighted by molar-refractivity contribution is 6.30. The van der Waals surface area contributed by atoms with Crippen molar-refractivity contribution >= 4 is 29.1 Å². The molecule has 2 heterocycles. The van der Waals surface area contributed by atoms with Gasteiger partial charge in [0.15, 0.2) is 0 Å². The van der Waals surface area contributed by atoms with E-state index in [1.807, 2.05) is 25.5 Å². The van der Waals surface area contributed by atoms with Crippen LogP contribution in [0.15, 0.2) is 24.3 Å². The Kier molecular flexibility index (Phi) is 5.19. The second kappa shape index (κ2) is 7.52. The van der Waals surface area contributed by atoms with E-state index in [0.29, 0.717) is 22.2 Å². The van der Waals surface area contributed by atoms with Gasteiger partial charge in [-0.2, -0.15) is 0 Å². The molecular weight excluding hydrogens is 386 g/mol. The van der Waals surface area contributed by atoms with Crippen LogP contribution in [0.1, 0.15) is 66.0 Å². The summed E-state index contributed by atoms with van der Waals surface area (Å²) in [5, 5.41) is 3.84. The predicted octanol–water partition coefficient (Wildman–Crippen LogP) is 4.69. The summed E-state index contributed by atoms with van der Waals surface area (Å²) in [5.41, 5.74) is 4.02. The molecule has 1 aliphatic heterocycles. The van der Waals surface area contributed by atoms with Crippen LogP contribution in [0.3, 0.4) is 0 Å². The number of hydrogen-bond acceptors (Lipinski definition) is 2. The summed E-state index contributed by atoms with van der Waals surface area (Å²) in [4.78, 5) is 28.5. The van der Waals surface area contributed by atoms with Crippen LogP contribution >= 0.6 is 11.6 Å². The van der Waals surface area contributed by atoms with Gasteiger partial charge in [0, 0.05) is 40.8 Å². The molecule has 1 aromatic heterocycles. The van der Waals surface area contributed by atoms with Crippen LogP contribution in [-0.2, 0) is 11.8 Å². The minimum atomic E-state index is -0.655. The van der Waals surface area contributed by atoms with Gasteiger partial charge in [0.2, 0.25) is 5.91 Å². The van der Waals surface area contributed by atoms with Crippen molar-refractivity contribution in [2.45, 2.75) is 58.5 Å². The number of fused-ring (bicyclic) bond motifs is 1. The summed E-state index contributed by atoms with van der Waals surface area (Å²) >= 11 is 6.05. The number of nitrogens with one attached hydrogen (secondary N) is 1. The van der Waals surface area contributed by atoms with Gasteiger partial charge in [0.1, 0.15) is 6.04 Å². The predicted molar refractivity (Wildman–Crippen MR) is 115 cm³/mol. The molecule has 2 aromatic rings. The Morgan fingerprint density at radius 1 is 1.07 bits per heavy atom. The van der Waals surface area contributed by atoms with Gasteiger partial charge in [-0.1, -0.05) is 18.5 Å². The molecule has 2 aliphatic rings. The minimum absolute atomic E-state index is 0.0969. The zero-order valence-corrected chi connectivity index (χ0v) is 18.2. The number of hydrogen-bond donors (Lipinski definition) is 1. The van der Waals surface area contributed by atoms with Crippen molar-refractivity contribution in [3.8, 4) is 0 Å². The number of carbonyl (C=O) groups is 2. The van der Waals surface area contributed by atoms with E-state index in [1.54, 1.807) is 29.2 Å². The van der Waals surface area contributed by atoms with E-state index in [1.165, 1.54) is 0 Å². The van der Waals surface area contributed by atoms with E-state index in [9.17, 15) is 9.59 Å². The van der Waals surface area contributed by atoms with Crippen molar-refractivity contribution in [2.75, 3.05) is 4.90 Å². The van der Waals surface area contributed by atoms with E-state index in [4.69, 9.17) is 11.6 Å². The molecule has 1 aliphatic carbocycles. The lowest BCUT2D eigenvalue weighted by molar-refractivity contribution is -0.123. The number of nitrogens with zero attached hydrogens (tertiary/aromatic N) is 2. The molecule has 1 aromatic carbocycles. The summed E-state index contributed by atoms with van der Waals surface area (Å²) in [6, 6.07) is 6.64. The van der Waals surface area contributed by atoms with Crippen LogP contribution in [0.5, 0.6) is 0 Å². The maximum atomic E-state index is 13.5. The number of halogens is 1. The third-order valence-electron chi connectivity index (χ3n) is 6.71. The molecule has 1 N–H and O–H groups in total. The van der Waals surface area contributed by atoms with Crippen LogP contribution in [0.4, 0.5) is 5.69 Å². The van der Waals surface area contributed by atoms with Gasteiger partial charge in [0.25, 0.3) is 5.91 Å². The first-order valence-electron chi connectivity index (χ1n) is 10.3. The van der Waals surface area contributed by atoms with Crippen molar-refractivity contribution in [3.05, 3.63) is 51.8 Å². The van der Waals surface area contributed by atoms with Gasteiger partial charge >= 0.3 is 0 Å². The Morgan fingerprint density at radius 2 is 1.69 bits per heavy atom. The monoisotopic (exact) mass is 413 g/mol. The Hall–Kier alpha value is -2.27. The Bertz CT molecular complexity index is 955. The average Bonchev–Trinajstić information content (AvgIpc) is 3.12. The molecule has 0 unspecified atom stereocenters. The standard InChI is InChI=1S/C23H28ClN3O2/c1-13-5-9-17(10-6-13)25-22(28)21-19-14(2)26(4)15(3)20(19)23(29)27(21)18-11-7-16(24)8-12-18/h7-8,11-13,17,21H,5-6,9-10H2,1-4H3,(H,25,28)/t13?,17?,21-/m0/s1. The average molecular weight is 414 g/mol. The fourth-order valence-corrected chi connectivity index (χ4v) is 4.87. The van der Waals surface area contributed by atoms with Crippen molar-refractivity contribution in [1.82, 2.24) is 9.88 Å². The topological polar surface area (TPSA) is 54.3 Å². The number of benzene rings is 1. The summed E-state index contributed by atoms with van der Waals surface area (Å²) in [6.07, 6.45) is 4.25. The van der Waals surface area contributed by atoms with Crippen molar-refractivity contribution in [3.63, 3.8) is 0 Å².